The quantitative estimate of drug-likeness (QED) is 0.0866. The summed E-state index contributed by atoms with van der Waals surface area (Å²) >= 11 is 0.546. The predicted molar refractivity (Wildman–Crippen MR) is 289 cm³/mol. The standard InChI is InChI=1S/C49H52F4N8O7S.4H2S/c1-23(2)40(58-47(64)66-5)42(62)28-9-7-10-29(28)43-54-21-31(56-43)25-12-13-33-27(17-25)19-35-39-30(50)18-26(20-36(39)68-46(61(33)35)37-14-15-38(69-37)49(51,52)53)32-22-55-44(57-32)34-11-8-16-60(34)45(63)41(24(3)4)59-48(65)67-6;;;;/h12-15,17-24,28-29,34,40-41,46H,7-11,16H2,1-6H3,(H,54,56)(H,55,57)(H,58,64)(H,59,65);4*1H2/t28?,29-,34+,40+,41+,46?;;;;/m1..../s1. The van der Waals surface area contributed by atoms with E-state index >= 15 is 4.39 Å². The molecular formula is C49H60F4N8O7S5. The molecule has 3 amide bonds. The van der Waals surface area contributed by atoms with Crippen LogP contribution in [0.4, 0.5) is 27.2 Å². The summed E-state index contributed by atoms with van der Waals surface area (Å²) in [7, 11) is 2.48. The van der Waals surface area contributed by atoms with E-state index in [9.17, 15) is 32.3 Å². The first kappa shape index (κ1) is 58.6. The number of ether oxygens (including phenoxy) is 3. The van der Waals surface area contributed by atoms with E-state index in [-0.39, 0.29) is 106 Å². The number of H-pyrrole nitrogens is 2. The van der Waals surface area contributed by atoms with Crippen LogP contribution in [-0.4, -0.2) is 86.1 Å². The van der Waals surface area contributed by atoms with Crippen molar-refractivity contribution in [1.29, 1.82) is 0 Å². The van der Waals surface area contributed by atoms with Crippen molar-refractivity contribution in [1.82, 2.24) is 40.0 Å². The number of Topliss-reactive ketones (excluding diaryl/α,β-unsaturated/α-hetero) is 1. The molecule has 1 aliphatic carbocycles. The first-order valence-corrected chi connectivity index (χ1v) is 23.7. The molecule has 15 nitrogen and oxygen atoms in total. The van der Waals surface area contributed by atoms with Crippen LogP contribution in [0.3, 0.4) is 0 Å². The van der Waals surface area contributed by atoms with Crippen molar-refractivity contribution >= 4 is 100 Å². The Hall–Kier alpha value is -5.30. The smallest absolute Gasteiger partial charge is 0.425 e. The summed E-state index contributed by atoms with van der Waals surface area (Å²) < 4.78 is 76.7. The molecule has 0 spiro atoms. The second kappa shape index (κ2) is 23.5. The number of likely N-dealkylation sites (tertiary alicyclic amines) is 1. The van der Waals surface area contributed by atoms with Crippen molar-refractivity contribution in [3.8, 4) is 39.5 Å². The Morgan fingerprint density at radius 2 is 1.44 bits per heavy atom. The van der Waals surface area contributed by atoms with E-state index in [4.69, 9.17) is 19.2 Å². The van der Waals surface area contributed by atoms with Crippen molar-refractivity contribution in [3.05, 3.63) is 88.1 Å². The molecule has 2 aromatic carbocycles. The molecule has 2 aliphatic heterocycles. The maximum atomic E-state index is 16.8. The number of alkyl halides is 3. The number of carbonyl (C=O) groups excluding carboxylic acids is 4. The first-order chi connectivity index (χ1) is 32.9. The lowest BCUT2D eigenvalue weighted by Gasteiger charge is -2.30. The fourth-order valence-electron chi connectivity index (χ4n) is 10.1. The minimum absolute atomic E-state index is 0. The number of rotatable bonds is 12. The van der Waals surface area contributed by atoms with Crippen molar-refractivity contribution in [3.63, 3.8) is 0 Å². The van der Waals surface area contributed by atoms with Crippen molar-refractivity contribution in [2.45, 2.75) is 96.2 Å². The highest BCUT2D eigenvalue weighted by atomic mass is 32.1. The summed E-state index contributed by atoms with van der Waals surface area (Å²) in [5, 5.41) is 6.00. The average Bonchev–Trinajstić information content (AvgIpc) is 4.18. The van der Waals surface area contributed by atoms with Gasteiger partial charge in [-0.25, -0.2) is 23.9 Å². The number of thiophene rings is 1. The summed E-state index contributed by atoms with van der Waals surface area (Å²) in [4.78, 5) is 68.9. The summed E-state index contributed by atoms with van der Waals surface area (Å²) in [5.74, 6) is -0.763. The Bertz CT molecular complexity index is 2960. The lowest BCUT2D eigenvalue weighted by Crippen LogP contribution is -2.51. The summed E-state index contributed by atoms with van der Waals surface area (Å²) in [6.07, 6.45) is -0.394. The van der Waals surface area contributed by atoms with Crippen LogP contribution in [0, 0.1) is 23.6 Å². The van der Waals surface area contributed by atoms with Crippen molar-refractivity contribution in [2.75, 3.05) is 20.8 Å². The zero-order valence-corrected chi connectivity index (χ0v) is 45.5. The molecular weight excluding hydrogens is 1050 g/mol. The third-order valence-corrected chi connectivity index (χ3v) is 14.7. The number of benzene rings is 2. The van der Waals surface area contributed by atoms with Gasteiger partial charge in [0.25, 0.3) is 0 Å². The van der Waals surface area contributed by atoms with Gasteiger partial charge in [-0.2, -0.15) is 67.2 Å². The molecule has 0 radical (unpaired) electrons. The van der Waals surface area contributed by atoms with E-state index in [1.165, 1.54) is 32.5 Å². The molecule has 6 aromatic rings. The van der Waals surface area contributed by atoms with Crippen LogP contribution in [0.15, 0.2) is 60.9 Å². The molecule has 1 saturated heterocycles. The lowest BCUT2D eigenvalue weighted by molar-refractivity contribution is -0.135. The molecule has 1 saturated carbocycles. The molecule has 4 aromatic heterocycles. The molecule has 396 valence electrons. The minimum Gasteiger partial charge on any atom is -0.464 e. The van der Waals surface area contributed by atoms with Gasteiger partial charge in [-0.3, -0.25) is 14.2 Å². The number of halogens is 4. The molecule has 24 heteroatoms. The number of hydrogen-bond acceptors (Lipinski definition) is 10. The Balaban J connectivity index is 0.00000247. The zero-order chi connectivity index (χ0) is 49.1. The number of hydrogen-bond donors (Lipinski definition) is 4. The minimum atomic E-state index is -4.60. The molecule has 2 unspecified atom stereocenters. The number of amides is 3. The van der Waals surface area contributed by atoms with E-state index in [0.717, 1.165) is 24.5 Å². The highest BCUT2D eigenvalue weighted by molar-refractivity contribution is 7.59. The van der Waals surface area contributed by atoms with E-state index in [0.29, 0.717) is 82.3 Å². The van der Waals surface area contributed by atoms with Crippen LogP contribution >= 0.6 is 65.3 Å². The summed E-state index contributed by atoms with van der Waals surface area (Å²) in [5.41, 5.74) is 3.29. The SMILES string of the molecule is COC(=O)N[C@H](C(=O)C1CCC[C@H]1c1ncc(-c2ccc3c(c2)cc2n3C(c3ccc(C(F)(F)F)s3)Oc3cc(-c4cnc([C@@H]5CCCN5C(=O)[C@@H](NC(=O)OC)C(C)C)[nH]4)cc(F)c3-2)[nH]1)C(C)C.S.S.S.S. The van der Waals surface area contributed by atoms with Crippen LogP contribution in [0.5, 0.6) is 5.75 Å². The second-order valence-electron chi connectivity index (χ2n) is 18.5. The molecule has 4 N–H and O–H groups in total. The monoisotopic (exact) mass is 1110 g/mol. The predicted octanol–water partition coefficient (Wildman–Crippen LogP) is 10.6. The Kier molecular flexibility index (Phi) is 18.9. The van der Waals surface area contributed by atoms with Gasteiger partial charge in [0, 0.05) is 34.9 Å². The van der Waals surface area contributed by atoms with Crippen LogP contribution in [0.25, 0.3) is 44.7 Å². The number of carbonyl (C=O) groups is 4. The van der Waals surface area contributed by atoms with Crippen LogP contribution < -0.4 is 15.4 Å². The third kappa shape index (κ3) is 11.4. The molecule has 6 atom stereocenters. The number of ketones is 1. The van der Waals surface area contributed by atoms with Gasteiger partial charge in [-0.15, -0.1) is 11.3 Å². The number of alkyl carbamates (subject to hydrolysis) is 2. The molecule has 73 heavy (non-hydrogen) atoms. The Labute approximate surface area is 451 Å². The molecule has 6 heterocycles. The highest BCUT2D eigenvalue weighted by Crippen LogP contribution is 2.49. The molecule has 2 fully saturated rings. The third-order valence-electron chi connectivity index (χ3n) is 13.5. The first-order valence-electron chi connectivity index (χ1n) is 22.9. The van der Waals surface area contributed by atoms with Gasteiger partial charge in [-0.1, -0.05) is 40.2 Å². The fraction of sp³-hybridized carbons (Fsp3) is 0.429. The maximum Gasteiger partial charge on any atom is 0.425 e. The van der Waals surface area contributed by atoms with Gasteiger partial charge in [-0.05, 0) is 80.0 Å². The molecule has 3 aliphatic rings. The number of nitrogens with one attached hydrogen (secondary N) is 4. The topological polar surface area (TPSA) is 186 Å². The number of imidazole rings is 2. The van der Waals surface area contributed by atoms with Crippen LogP contribution in [0.2, 0.25) is 0 Å². The van der Waals surface area contributed by atoms with Crippen molar-refractivity contribution < 1.29 is 51.0 Å². The van der Waals surface area contributed by atoms with E-state index < -0.39 is 53.4 Å². The maximum absolute atomic E-state index is 16.8. The van der Waals surface area contributed by atoms with Gasteiger partial charge < -0.3 is 39.7 Å². The number of methoxy groups -OCH3 is 2. The second-order valence-corrected chi connectivity index (χ2v) is 19.6. The largest absolute Gasteiger partial charge is 0.464 e. The number of nitrogens with zero attached hydrogens (tertiary/aromatic N) is 4. The van der Waals surface area contributed by atoms with Crippen LogP contribution in [0.1, 0.15) is 99.4 Å². The zero-order valence-electron chi connectivity index (χ0n) is 40.7. The van der Waals surface area contributed by atoms with Gasteiger partial charge in [0.15, 0.2) is 5.78 Å². The van der Waals surface area contributed by atoms with Crippen LogP contribution in [-0.2, 0) is 25.2 Å². The lowest BCUT2D eigenvalue weighted by atomic mass is 9.84. The molecule has 0 bridgehead atoms. The van der Waals surface area contributed by atoms with Gasteiger partial charge in [0.05, 0.1) is 71.7 Å². The summed E-state index contributed by atoms with van der Waals surface area (Å²) in [6.45, 7) is 7.82. The van der Waals surface area contributed by atoms with E-state index in [1.807, 2.05) is 45.9 Å². The van der Waals surface area contributed by atoms with Gasteiger partial charge in [0.2, 0.25) is 12.1 Å². The van der Waals surface area contributed by atoms with Gasteiger partial charge in [0.1, 0.15) is 34.1 Å². The Morgan fingerprint density at radius 3 is 2.08 bits per heavy atom. The van der Waals surface area contributed by atoms with Crippen molar-refractivity contribution in [2.24, 2.45) is 17.8 Å². The fourth-order valence-corrected chi connectivity index (χ4v) is 10.9. The molecule has 9 rings (SSSR count). The van der Waals surface area contributed by atoms with E-state index in [1.54, 1.807) is 27.8 Å². The average molecular weight is 1110 g/mol. The number of aromatic amines is 2. The highest BCUT2D eigenvalue weighted by Gasteiger charge is 2.42. The Morgan fingerprint density at radius 1 is 0.795 bits per heavy atom. The normalized spacial score (nSPS) is 18.8. The number of fused-ring (bicyclic) bond motifs is 5. The van der Waals surface area contributed by atoms with Gasteiger partial charge >= 0.3 is 18.4 Å². The van der Waals surface area contributed by atoms with E-state index in [2.05, 4.69) is 25.6 Å². The number of aromatic nitrogens is 5. The summed E-state index contributed by atoms with van der Waals surface area (Å²) in [6, 6.07) is 10.7.